The number of rotatable bonds is 4. The molecule has 0 atom stereocenters. The van der Waals surface area contributed by atoms with E-state index in [4.69, 9.17) is 11.1 Å². The van der Waals surface area contributed by atoms with Gasteiger partial charge in [-0.1, -0.05) is 0 Å². The number of nitrogens with two attached hydrogens (primary N) is 1. The molecule has 0 aromatic heterocycles. The molecule has 0 fully saturated rings. The number of anilines is 1. The van der Waals surface area contributed by atoms with Crippen LogP contribution >= 0.6 is 0 Å². The van der Waals surface area contributed by atoms with Gasteiger partial charge in [-0.05, 0) is 48.5 Å². The molecule has 91 valence electrons. The zero-order valence-electron chi connectivity index (χ0n) is 9.52. The summed E-state index contributed by atoms with van der Waals surface area (Å²) in [5.74, 6) is -0.264. The number of hydrogen-bond acceptors (Lipinski definition) is 2. The van der Waals surface area contributed by atoms with E-state index in [2.05, 4.69) is 10.9 Å². The highest BCUT2D eigenvalue weighted by molar-refractivity contribution is 5.95. The van der Waals surface area contributed by atoms with E-state index in [0.29, 0.717) is 16.9 Å². The van der Waals surface area contributed by atoms with Crippen LogP contribution in [0, 0.1) is 11.2 Å². The van der Waals surface area contributed by atoms with Crippen molar-refractivity contribution in [1.29, 1.82) is 5.41 Å². The summed E-state index contributed by atoms with van der Waals surface area (Å²) in [6.07, 6.45) is 0. The van der Waals surface area contributed by atoms with E-state index in [-0.39, 0.29) is 11.7 Å². The van der Waals surface area contributed by atoms with E-state index in [9.17, 15) is 4.39 Å². The molecule has 4 N–H and O–H groups in total. The van der Waals surface area contributed by atoms with Gasteiger partial charge in [0, 0.05) is 5.56 Å². The van der Waals surface area contributed by atoms with E-state index in [1.165, 1.54) is 12.1 Å². The van der Waals surface area contributed by atoms with Gasteiger partial charge in [0.15, 0.2) is 0 Å². The van der Waals surface area contributed by atoms with E-state index in [1.807, 2.05) is 0 Å². The SMILES string of the molecule is N=C(N)c1ccc([N]Nc2ccc(F)cc2)cc1. The maximum absolute atomic E-state index is 12.7. The minimum atomic E-state index is -0.286. The van der Waals surface area contributed by atoms with Gasteiger partial charge in [0.1, 0.15) is 11.7 Å². The van der Waals surface area contributed by atoms with Gasteiger partial charge in [-0.2, -0.15) is 5.43 Å². The Morgan fingerprint density at radius 1 is 1.06 bits per heavy atom. The Labute approximate surface area is 104 Å². The Hall–Kier alpha value is -2.56. The second-order valence-electron chi connectivity index (χ2n) is 3.69. The summed E-state index contributed by atoms with van der Waals surface area (Å²) in [7, 11) is 0. The van der Waals surface area contributed by atoms with E-state index < -0.39 is 0 Å². The molecular weight excluding hydrogens is 231 g/mol. The topological polar surface area (TPSA) is 76.0 Å². The first kappa shape index (κ1) is 11.9. The van der Waals surface area contributed by atoms with Crippen molar-refractivity contribution in [3.05, 3.63) is 59.9 Å². The zero-order chi connectivity index (χ0) is 13.0. The van der Waals surface area contributed by atoms with Gasteiger partial charge in [0.2, 0.25) is 0 Å². The predicted octanol–water partition coefficient (Wildman–Crippen LogP) is 2.37. The van der Waals surface area contributed by atoms with Gasteiger partial charge < -0.3 is 5.73 Å². The van der Waals surface area contributed by atoms with Gasteiger partial charge in [-0.15, -0.1) is 0 Å². The van der Waals surface area contributed by atoms with Crippen molar-refractivity contribution in [1.82, 2.24) is 5.43 Å². The molecule has 2 aromatic carbocycles. The van der Waals surface area contributed by atoms with Gasteiger partial charge in [0.25, 0.3) is 0 Å². The summed E-state index contributed by atoms with van der Waals surface area (Å²) < 4.78 is 12.7. The van der Waals surface area contributed by atoms with Crippen molar-refractivity contribution in [3.8, 4) is 0 Å². The van der Waals surface area contributed by atoms with Crippen LogP contribution in [0.4, 0.5) is 15.8 Å². The number of amidine groups is 1. The average Bonchev–Trinajstić information content (AvgIpc) is 2.38. The third kappa shape index (κ3) is 2.98. The molecule has 2 rings (SSSR count). The second kappa shape index (κ2) is 5.18. The van der Waals surface area contributed by atoms with Crippen LogP contribution in [0.25, 0.3) is 0 Å². The fraction of sp³-hybridized carbons (Fsp3) is 0. The van der Waals surface area contributed by atoms with Crippen LogP contribution in [-0.4, -0.2) is 5.84 Å². The maximum atomic E-state index is 12.7. The third-order valence-electron chi connectivity index (χ3n) is 2.34. The lowest BCUT2D eigenvalue weighted by Crippen LogP contribution is -2.11. The molecule has 0 amide bonds. The highest BCUT2D eigenvalue weighted by atomic mass is 19.1. The van der Waals surface area contributed by atoms with Crippen LogP contribution in [0.3, 0.4) is 0 Å². The van der Waals surface area contributed by atoms with Crippen LogP contribution < -0.4 is 16.6 Å². The first-order chi connectivity index (χ1) is 8.65. The molecule has 0 bridgehead atoms. The molecule has 5 heteroatoms. The van der Waals surface area contributed by atoms with Gasteiger partial charge in [0.05, 0.1) is 11.4 Å². The van der Waals surface area contributed by atoms with Crippen LogP contribution in [0.15, 0.2) is 48.5 Å². The van der Waals surface area contributed by atoms with Crippen molar-refractivity contribution in [2.45, 2.75) is 0 Å². The molecule has 0 aliphatic heterocycles. The average molecular weight is 243 g/mol. The molecule has 2 aromatic rings. The number of nitrogens with one attached hydrogen (secondary N) is 2. The van der Waals surface area contributed by atoms with Crippen LogP contribution in [0.1, 0.15) is 5.56 Å². The summed E-state index contributed by atoms with van der Waals surface area (Å²) in [5.41, 5.74) is 14.3. The van der Waals surface area contributed by atoms with Crippen molar-refractivity contribution >= 4 is 17.2 Å². The largest absolute Gasteiger partial charge is 0.384 e. The highest BCUT2D eigenvalue weighted by Gasteiger charge is 1.98. The van der Waals surface area contributed by atoms with E-state index >= 15 is 0 Å². The Balaban J connectivity index is 1.97. The maximum Gasteiger partial charge on any atom is 0.123 e. The minimum Gasteiger partial charge on any atom is -0.384 e. The zero-order valence-corrected chi connectivity index (χ0v) is 9.52. The van der Waals surface area contributed by atoms with Crippen molar-refractivity contribution in [2.24, 2.45) is 5.73 Å². The summed E-state index contributed by atoms with van der Waals surface area (Å²) in [6, 6.07) is 12.8. The Morgan fingerprint density at radius 3 is 2.22 bits per heavy atom. The summed E-state index contributed by atoms with van der Waals surface area (Å²) in [5, 5.41) is 7.26. The van der Waals surface area contributed by atoms with E-state index in [1.54, 1.807) is 36.4 Å². The highest BCUT2D eigenvalue weighted by Crippen LogP contribution is 2.12. The molecule has 0 heterocycles. The lowest BCUT2D eigenvalue weighted by atomic mass is 10.2. The van der Waals surface area contributed by atoms with Crippen molar-refractivity contribution < 1.29 is 4.39 Å². The van der Waals surface area contributed by atoms with Crippen LogP contribution in [0.2, 0.25) is 0 Å². The molecule has 0 saturated heterocycles. The predicted molar refractivity (Wildman–Crippen MR) is 69.3 cm³/mol. The van der Waals surface area contributed by atoms with Crippen molar-refractivity contribution in [2.75, 3.05) is 5.43 Å². The monoisotopic (exact) mass is 243 g/mol. The number of hydrogen-bond donors (Lipinski definition) is 3. The summed E-state index contributed by atoms with van der Waals surface area (Å²) in [4.78, 5) is 0. The summed E-state index contributed by atoms with van der Waals surface area (Å²) >= 11 is 0. The molecular formula is C13H12FN4. The lowest BCUT2D eigenvalue weighted by Gasteiger charge is -2.06. The van der Waals surface area contributed by atoms with E-state index in [0.717, 1.165) is 0 Å². The Kier molecular flexibility index (Phi) is 3.43. The standard InChI is InChI=1S/C13H12FN4/c14-10-3-7-12(8-4-10)18-17-11-5-1-9(2-6-11)13(15)16/h1-8,18H,(H3,15,16). The van der Waals surface area contributed by atoms with Crippen LogP contribution in [-0.2, 0) is 0 Å². The van der Waals surface area contributed by atoms with Crippen molar-refractivity contribution in [3.63, 3.8) is 0 Å². The molecule has 18 heavy (non-hydrogen) atoms. The molecule has 0 aliphatic carbocycles. The normalized spacial score (nSPS) is 9.83. The molecule has 0 saturated carbocycles. The lowest BCUT2D eigenvalue weighted by molar-refractivity contribution is 0.628. The molecule has 1 radical (unpaired) electrons. The smallest absolute Gasteiger partial charge is 0.123 e. The van der Waals surface area contributed by atoms with Gasteiger partial charge in [-0.25, -0.2) is 4.39 Å². The minimum absolute atomic E-state index is 0.0213. The summed E-state index contributed by atoms with van der Waals surface area (Å²) in [6.45, 7) is 0. The Morgan fingerprint density at radius 2 is 1.67 bits per heavy atom. The van der Waals surface area contributed by atoms with Gasteiger partial charge in [-0.3, -0.25) is 10.8 Å². The molecule has 0 spiro atoms. The number of halogens is 1. The molecule has 0 aliphatic rings. The fourth-order valence-electron chi connectivity index (χ4n) is 1.37. The number of nitrogen functional groups attached to an aromatic ring is 1. The molecule has 0 unspecified atom stereocenters. The second-order valence-corrected chi connectivity index (χ2v) is 3.69. The fourth-order valence-corrected chi connectivity index (χ4v) is 1.37. The first-order valence-corrected chi connectivity index (χ1v) is 5.32. The first-order valence-electron chi connectivity index (χ1n) is 5.32. The van der Waals surface area contributed by atoms with Crippen LogP contribution in [0.5, 0.6) is 0 Å². The third-order valence-corrected chi connectivity index (χ3v) is 2.34. The number of nitrogens with zero attached hydrogens (tertiary/aromatic N) is 1. The van der Waals surface area contributed by atoms with Gasteiger partial charge >= 0.3 is 0 Å². The quantitative estimate of drug-likeness (QED) is 0.438. The number of benzene rings is 2. The Bertz CT molecular complexity index is 534. The molecule has 4 nitrogen and oxygen atoms in total.